The SMILES string of the molecule is Cc1ncc([N+](=O)[O-])cc1C(=O)NC(CO)c1ccccc1. The van der Waals surface area contributed by atoms with Crippen molar-refractivity contribution in [3.8, 4) is 0 Å². The number of hydrogen-bond acceptors (Lipinski definition) is 5. The van der Waals surface area contributed by atoms with Crippen LogP contribution in [0, 0.1) is 17.0 Å². The highest BCUT2D eigenvalue weighted by Crippen LogP contribution is 2.17. The van der Waals surface area contributed by atoms with E-state index < -0.39 is 16.9 Å². The van der Waals surface area contributed by atoms with Crippen molar-refractivity contribution in [2.45, 2.75) is 13.0 Å². The maximum atomic E-state index is 12.3. The summed E-state index contributed by atoms with van der Waals surface area (Å²) in [7, 11) is 0. The molecule has 1 heterocycles. The Hall–Kier alpha value is -2.80. The fourth-order valence-corrected chi connectivity index (χ4v) is 2.01. The Labute approximate surface area is 126 Å². The molecule has 0 saturated heterocycles. The number of aliphatic hydroxyl groups is 1. The van der Waals surface area contributed by atoms with Crippen LogP contribution in [0.2, 0.25) is 0 Å². The summed E-state index contributed by atoms with van der Waals surface area (Å²) in [4.78, 5) is 26.3. The maximum absolute atomic E-state index is 12.3. The highest BCUT2D eigenvalue weighted by molar-refractivity contribution is 5.96. The highest BCUT2D eigenvalue weighted by atomic mass is 16.6. The molecule has 1 atom stereocenters. The van der Waals surface area contributed by atoms with E-state index in [1.165, 1.54) is 6.07 Å². The monoisotopic (exact) mass is 301 g/mol. The zero-order valence-corrected chi connectivity index (χ0v) is 11.9. The predicted octanol–water partition coefficient (Wildman–Crippen LogP) is 1.76. The zero-order chi connectivity index (χ0) is 16.1. The van der Waals surface area contributed by atoms with Crippen molar-refractivity contribution >= 4 is 11.6 Å². The Morgan fingerprint density at radius 3 is 2.68 bits per heavy atom. The largest absolute Gasteiger partial charge is 0.394 e. The fraction of sp³-hybridized carbons (Fsp3) is 0.200. The van der Waals surface area contributed by atoms with Crippen molar-refractivity contribution in [3.63, 3.8) is 0 Å². The Balaban J connectivity index is 2.24. The van der Waals surface area contributed by atoms with Crippen LogP contribution in [0.5, 0.6) is 0 Å². The van der Waals surface area contributed by atoms with Gasteiger partial charge in [0.05, 0.1) is 28.8 Å². The van der Waals surface area contributed by atoms with Gasteiger partial charge in [-0.3, -0.25) is 19.9 Å². The van der Waals surface area contributed by atoms with Gasteiger partial charge in [-0.25, -0.2) is 0 Å². The van der Waals surface area contributed by atoms with Crippen LogP contribution < -0.4 is 5.32 Å². The minimum absolute atomic E-state index is 0.114. The Bertz CT molecular complexity index is 688. The molecule has 1 unspecified atom stereocenters. The molecule has 0 fully saturated rings. The van der Waals surface area contributed by atoms with Gasteiger partial charge in [-0.15, -0.1) is 0 Å². The number of benzene rings is 1. The summed E-state index contributed by atoms with van der Waals surface area (Å²) in [6.07, 6.45) is 1.10. The minimum atomic E-state index is -0.607. The quantitative estimate of drug-likeness (QED) is 0.646. The Kier molecular flexibility index (Phi) is 4.80. The third-order valence-corrected chi connectivity index (χ3v) is 3.22. The summed E-state index contributed by atoms with van der Waals surface area (Å²) in [6, 6.07) is 9.56. The standard InChI is InChI=1S/C15H15N3O4/c1-10-13(7-12(8-16-10)18(21)22)15(20)17-14(9-19)11-5-3-2-4-6-11/h2-8,14,19H,9H2,1H3,(H,17,20). The molecule has 7 nitrogen and oxygen atoms in total. The molecule has 0 spiro atoms. The molecule has 0 aliphatic carbocycles. The number of amides is 1. The first-order chi connectivity index (χ1) is 10.5. The summed E-state index contributed by atoms with van der Waals surface area (Å²) in [5.74, 6) is -0.517. The van der Waals surface area contributed by atoms with Crippen LogP contribution in [0.3, 0.4) is 0 Å². The molecule has 2 aromatic rings. The van der Waals surface area contributed by atoms with Crippen LogP contribution in [0.4, 0.5) is 5.69 Å². The molecular formula is C15H15N3O4. The third-order valence-electron chi connectivity index (χ3n) is 3.22. The van der Waals surface area contributed by atoms with Gasteiger partial charge < -0.3 is 10.4 Å². The first-order valence-electron chi connectivity index (χ1n) is 6.60. The number of aliphatic hydroxyl groups excluding tert-OH is 1. The van der Waals surface area contributed by atoms with Crippen LogP contribution in [0.1, 0.15) is 27.7 Å². The summed E-state index contributed by atoms with van der Waals surface area (Å²) < 4.78 is 0. The van der Waals surface area contributed by atoms with E-state index in [0.717, 1.165) is 11.8 Å². The van der Waals surface area contributed by atoms with Crippen molar-refractivity contribution in [2.75, 3.05) is 6.61 Å². The second-order valence-electron chi connectivity index (χ2n) is 4.70. The van der Waals surface area contributed by atoms with Crippen molar-refractivity contribution in [3.05, 3.63) is 69.5 Å². The Morgan fingerprint density at radius 2 is 2.09 bits per heavy atom. The molecule has 2 rings (SSSR count). The molecule has 1 aromatic carbocycles. The van der Waals surface area contributed by atoms with Gasteiger partial charge >= 0.3 is 0 Å². The van der Waals surface area contributed by atoms with Gasteiger partial charge in [0.1, 0.15) is 6.20 Å². The fourth-order valence-electron chi connectivity index (χ4n) is 2.01. The van der Waals surface area contributed by atoms with Gasteiger partial charge in [-0.2, -0.15) is 0 Å². The number of aromatic nitrogens is 1. The van der Waals surface area contributed by atoms with Crippen LogP contribution in [-0.4, -0.2) is 27.5 Å². The number of nitrogens with zero attached hydrogens (tertiary/aromatic N) is 2. The van der Waals surface area contributed by atoms with E-state index in [9.17, 15) is 20.0 Å². The van der Waals surface area contributed by atoms with E-state index >= 15 is 0 Å². The van der Waals surface area contributed by atoms with E-state index in [1.807, 2.05) is 6.07 Å². The van der Waals surface area contributed by atoms with E-state index in [4.69, 9.17) is 0 Å². The third kappa shape index (κ3) is 3.44. The molecule has 0 bridgehead atoms. The highest BCUT2D eigenvalue weighted by Gasteiger charge is 2.19. The number of pyridine rings is 1. The first kappa shape index (κ1) is 15.6. The number of carbonyl (C=O) groups excluding carboxylic acids is 1. The van der Waals surface area contributed by atoms with Crippen molar-refractivity contribution < 1.29 is 14.8 Å². The van der Waals surface area contributed by atoms with Crippen LogP contribution in [0.25, 0.3) is 0 Å². The molecule has 1 aromatic heterocycles. The van der Waals surface area contributed by atoms with Crippen molar-refractivity contribution in [2.24, 2.45) is 0 Å². The lowest BCUT2D eigenvalue weighted by Crippen LogP contribution is -2.31. The van der Waals surface area contributed by atoms with Crippen LogP contribution >= 0.6 is 0 Å². The van der Waals surface area contributed by atoms with E-state index in [1.54, 1.807) is 31.2 Å². The molecule has 0 aliphatic rings. The van der Waals surface area contributed by atoms with Crippen LogP contribution in [0.15, 0.2) is 42.6 Å². The van der Waals surface area contributed by atoms with Gasteiger partial charge in [0.2, 0.25) is 0 Å². The molecular weight excluding hydrogens is 286 g/mol. The summed E-state index contributed by atoms with van der Waals surface area (Å²) in [5.41, 5.74) is 0.988. The number of aryl methyl sites for hydroxylation is 1. The number of rotatable bonds is 5. The first-order valence-corrected chi connectivity index (χ1v) is 6.60. The lowest BCUT2D eigenvalue weighted by molar-refractivity contribution is -0.385. The number of hydrogen-bond donors (Lipinski definition) is 2. The zero-order valence-electron chi connectivity index (χ0n) is 11.9. The van der Waals surface area contributed by atoms with Gasteiger partial charge in [0.15, 0.2) is 0 Å². The predicted molar refractivity (Wildman–Crippen MR) is 79.4 cm³/mol. The number of nitrogens with one attached hydrogen (secondary N) is 1. The molecule has 0 radical (unpaired) electrons. The summed E-state index contributed by atoms with van der Waals surface area (Å²) in [6.45, 7) is 1.31. The van der Waals surface area contributed by atoms with Crippen molar-refractivity contribution in [1.82, 2.24) is 10.3 Å². The molecule has 7 heteroatoms. The number of nitro groups is 1. The molecule has 2 N–H and O–H groups in total. The van der Waals surface area contributed by atoms with E-state index in [2.05, 4.69) is 10.3 Å². The summed E-state index contributed by atoms with van der Waals surface area (Å²) in [5, 5.41) is 22.9. The molecule has 0 aliphatic heterocycles. The average Bonchev–Trinajstić information content (AvgIpc) is 2.53. The second kappa shape index (κ2) is 6.77. The van der Waals surface area contributed by atoms with Gasteiger partial charge in [-0.1, -0.05) is 30.3 Å². The molecule has 1 amide bonds. The van der Waals surface area contributed by atoms with Crippen molar-refractivity contribution in [1.29, 1.82) is 0 Å². The average molecular weight is 301 g/mol. The maximum Gasteiger partial charge on any atom is 0.288 e. The van der Waals surface area contributed by atoms with E-state index in [-0.39, 0.29) is 17.9 Å². The Morgan fingerprint density at radius 1 is 1.41 bits per heavy atom. The van der Waals surface area contributed by atoms with Gasteiger partial charge in [-0.05, 0) is 12.5 Å². The second-order valence-corrected chi connectivity index (χ2v) is 4.70. The topological polar surface area (TPSA) is 105 Å². The summed E-state index contributed by atoms with van der Waals surface area (Å²) >= 11 is 0. The normalized spacial score (nSPS) is 11.7. The number of carbonyl (C=O) groups is 1. The van der Waals surface area contributed by atoms with Gasteiger partial charge in [0.25, 0.3) is 11.6 Å². The lowest BCUT2D eigenvalue weighted by Gasteiger charge is -2.17. The smallest absolute Gasteiger partial charge is 0.288 e. The van der Waals surface area contributed by atoms with Crippen LogP contribution in [-0.2, 0) is 0 Å². The van der Waals surface area contributed by atoms with E-state index in [0.29, 0.717) is 5.69 Å². The lowest BCUT2D eigenvalue weighted by atomic mass is 10.1. The molecule has 0 saturated carbocycles. The molecule has 114 valence electrons. The molecule has 22 heavy (non-hydrogen) atoms. The minimum Gasteiger partial charge on any atom is -0.394 e. The van der Waals surface area contributed by atoms with Gasteiger partial charge in [0, 0.05) is 6.07 Å².